The first-order valence-electron chi connectivity index (χ1n) is 8.01. The average Bonchev–Trinajstić information content (AvgIpc) is 3.28. The highest BCUT2D eigenvalue weighted by Crippen LogP contribution is 2.48. The number of hydrogen-bond acceptors (Lipinski definition) is 5. The lowest BCUT2D eigenvalue weighted by Crippen LogP contribution is -2.36. The zero-order chi connectivity index (χ0) is 17.6. The van der Waals surface area contributed by atoms with E-state index in [1.165, 1.54) is 7.11 Å². The molecule has 6 nitrogen and oxygen atoms in total. The van der Waals surface area contributed by atoms with Crippen LogP contribution in [-0.4, -0.2) is 41.0 Å². The Morgan fingerprint density at radius 2 is 1.52 bits per heavy atom. The van der Waals surface area contributed by atoms with E-state index in [2.05, 4.69) is 0 Å². The molecule has 0 spiro atoms. The summed E-state index contributed by atoms with van der Waals surface area (Å²) in [6, 6.07) is 15.8. The van der Waals surface area contributed by atoms with E-state index in [1.54, 1.807) is 29.3 Å². The van der Waals surface area contributed by atoms with Gasteiger partial charge in [-0.3, -0.25) is 14.4 Å². The van der Waals surface area contributed by atoms with Crippen molar-refractivity contribution in [2.45, 2.75) is 18.5 Å². The van der Waals surface area contributed by atoms with Gasteiger partial charge in [-0.25, -0.2) is 5.01 Å². The quantitative estimate of drug-likeness (QED) is 0.486. The molecule has 2 aliphatic rings. The molecule has 3 atom stereocenters. The van der Waals surface area contributed by atoms with E-state index in [0.29, 0.717) is 11.1 Å². The van der Waals surface area contributed by atoms with E-state index in [0.717, 1.165) is 10.6 Å². The normalized spacial score (nSPS) is 24.2. The average molecular weight is 336 g/mol. The van der Waals surface area contributed by atoms with E-state index in [4.69, 9.17) is 4.74 Å². The number of benzene rings is 2. The van der Waals surface area contributed by atoms with Crippen LogP contribution in [0.3, 0.4) is 0 Å². The first kappa shape index (κ1) is 15.5. The van der Waals surface area contributed by atoms with Crippen LogP contribution in [0.25, 0.3) is 0 Å². The van der Waals surface area contributed by atoms with Crippen LogP contribution in [-0.2, 0) is 9.53 Å². The predicted molar refractivity (Wildman–Crippen MR) is 88.4 cm³/mol. The number of hydrazine groups is 1. The maximum absolute atomic E-state index is 12.7. The van der Waals surface area contributed by atoms with Crippen molar-refractivity contribution in [2.24, 2.45) is 0 Å². The van der Waals surface area contributed by atoms with Gasteiger partial charge in [0.25, 0.3) is 11.8 Å². The third-order valence-electron chi connectivity index (χ3n) is 4.65. The van der Waals surface area contributed by atoms with E-state index in [-0.39, 0.29) is 36.3 Å². The lowest BCUT2D eigenvalue weighted by molar-refractivity contribution is -0.141. The van der Waals surface area contributed by atoms with Crippen LogP contribution in [0.5, 0.6) is 0 Å². The van der Waals surface area contributed by atoms with Crippen molar-refractivity contribution in [1.82, 2.24) is 10.0 Å². The number of nitrogens with zero attached hydrogens (tertiary/aromatic N) is 2. The molecule has 0 N–H and O–H groups in total. The van der Waals surface area contributed by atoms with Crippen LogP contribution >= 0.6 is 0 Å². The summed E-state index contributed by atoms with van der Waals surface area (Å²) in [4.78, 5) is 37.2. The molecule has 1 saturated heterocycles. The highest BCUT2D eigenvalue weighted by molar-refractivity contribution is 6.21. The van der Waals surface area contributed by atoms with Gasteiger partial charge in [-0.15, -0.1) is 0 Å². The van der Waals surface area contributed by atoms with Crippen LogP contribution in [0.4, 0.5) is 0 Å². The van der Waals surface area contributed by atoms with Crippen LogP contribution in [0.1, 0.15) is 38.7 Å². The minimum atomic E-state index is -0.370. The van der Waals surface area contributed by atoms with Crippen LogP contribution < -0.4 is 0 Å². The molecule has 0 bridgehead atoms. The molecule has 2 heterocycles. The topological polar surface area (TPSA) is 66.7 Å². The minimum Gasteiger partial charge on any atom is -0.469 e. The van der Waals surface area contributed by atoms with Gasteiger partial charge < -0.3 is 4.74 Å². The van der Waals surface area contributed by atoms with Gasteiger partial charge in [0, 0.05) is 0 Å². The molecule has 2 amide bonds. The molecule has 0 aliphatic carbocycles. The summed E-state index contributed by atoms with van der Waals surface area (Å²) < 4.78 is 4.76. The highest BCUT2D eigenvalue weighted by Gasteiger charge is 2.58. The molecule has 25 heavy (non-hydrogen) atoms. The maximum Gasteiger partial charge on any atom is 0.307 e. The second kappa shape index (κ2) is 5.82. The fourth-order valence-electron chi connectivity index (χ4n) is 3.41. The van der Waals surface area contributed by atoms with Gasteiger partial charge in [-0.1, -0.05) is 42.5 Å². The van der Waals surface area contributed by atoms with Gasteiger partial charge in [0.15, 0.2) is 0 Å². The zero-order valence-electron chi connectivity index (χ0n) is 13.6. The monoisotopic (exact) mass is 336 g/mol. The van der Waals surface area contributed by atoms with Gasteiger partial charge in [-0.2, -0.15) is 5.01 Å². The van der Waals surface area contributed by atoms with Gasteiger partial charge in [0.05, 0.1) is 36.7 Å². The molecule has 2 aromatic carbocycles. The number of hydrogen-bond donors (Lipinski definition) is 0. The minimum absolute atomic E-state index is 0.115. The summed E-state index contributed by atoms with van der Waals surface area (Å²) in [5, 5.41) is 2.84. The van der Waals surface area contributed by atoms with Gasteiger partial charge in [-0.05, 0) is 17.7 Å². The second-order valence-electron chi connectivity index (χ2n) is 6.05. The van der Waals surface area contributed by atoms with E-state index in [1.807, 2.05) is 30.3 Å². The number of imide groups is 1. The summed E-state index contributed by atoms with van der Waals surface area (Å²) >= 11 is 0. The molecule has 0 radical (unpaired) electrons. The molecule has 4 rings (SSSR count). The lowest BCUT2D eigenvalue weighted by atomic mass is 10.1. The first-order valence-corrected chi connectivity index (χ1v) is 8.01. The Labute approximate surface area is 144 Å². The van der Waals surface area contributed by atoms with E-state index < -0.39 is 0 Å². The van der Waals surface area contributed by atoms with E-state index >= 15 is 0 Å². The molecule has 2 aliphatic heterocycles. The van der Waals surface area contributed by atoms with Gasteiger partial charge >= 0.3 is 5.97 Å². The number of rotatable bonds is 4. The Morgan fingerprint density at radius 1 is 0.960 bits per heavy atom. The molecular weight excluding hydrogens is 320 g/mol. The Kier molecular flexibility index (Phi) is 3.62. The fraction of sp³-hybridized carbons (Fsp3) is 0.211. The number of carbonyl (C=O) groups excluding carboxylic acids is 3. The molecule has 126 valence electrons. The largest absolute Gasteiger partial charge is 0.469 e. The number of amides is 2. The lowest BCUT2D eigenvalue weighted by Gasteiger charge is -2.16. The van der Waals surface area contributed by atoms with E-state index in [9.17, 15) is 14.4 Å². The third-order valence-corrected chi connectivity index (χ3v) is 4.65. The predicted octanol–water partition coefficient (Wildman–Crippen LogP) is 2.19. The maximum atomic E-state index is 12.7. The summed E-state index contributed by atoms with van der Waals surface area (Å²) in [5.41, 5.74) is 1.74. The van der Waals surface area contributed by atoms with Crippen molar-refractivity contribution in [2.75, 3.05) is 7.11 Å². The van der Waals surface area contributed by atoms with Crippen molar-refractivity contribution in [3.8, 4) is 0 Å². The smallest absolute Gasteiger partial charge is 0.307 e. The molecule has 2 aromatic rings. The molecule has 3 unspecified atom stereocenters. The molecule has 0 aromatic heterocycles. The van der Waals surface area contributed by atoms with Crippen molar-refractivity contribution in [3.05, 3.63) is 71.3 Å². The Bertz CT molecular complexity index is 830. The highest BCUT2D eigenvalue weighted by atomic mass is 16.5. The first-order chi connectivity index (χ1) is 12.1. The van der Waals surface area contributed by atoms with Crippen molar-refractivity contribution in [3.63, 3.8) is 0 Å². The Hall–Kier alpha value is -2.99. The number of methoxy groups -OCH3 is 1. The summed E-state index contributed by atoms with van der Waals surface area (Å²) in [7, 11) is 1.33. The summed E-state index contributed by atoms with van der Waals surface area (Å²) in [6.45, 7) is 0. The van der Waals surface area contributed by atoms with Crippen LogP contribution in [0, 0.1) is 0 Å². The molecular formula is C19H16N2O4. The number of ether oxygens (including phenoxy) is 1. The fourth-order valence-corrected chi connectivity index (χ4v) is 3.41. The Balaban J connectivity index is 1.67. The van der Waals surface area contributed by atoms with Crippen molar-refractivity contribution in [1.29, 1.82) is 0 Å². The number of esters is 1. The van der Waals surface area contributed by atoms with Gasteiger partial charge in [0.1, 0.15) is 0 Å². The second-order valence-corrected chi connectivity index (χ2v) is 6.05. The van der Waals surface area contributed by atoms with Gasteiger partial charge in [0.2, 0.25) is 0 Å². The SMILES string of the molecule is COC(=O)CC1C(c2ccccc2)N1N1C(=O)c2ccccc2C1=O. The Morgan fingerprint density at radius 3 is 2.08 bits per heavy atom. The van der Waals surface area contributed by atoms with Crippen LogP contribution in [0.15, 0.2) is 54.6 Å². The number of fused-ring (bicyclic) bond motifs is 1. The molecule has 0 saturated carbocycles. The molecule has 6 heteroatoms. The van der Waals surface area contributed by atoms with Crippen LogP contribution in [0.2, 0.25) is 0 Å². The molecule has 1 fully saturated rings. The van der Waals surface area contributed by atoms with Crippen molar-refractivity contribution < 1.29 is 19.1 Å². The summed E-state index contributed by atoms with van der Waals surface area (Å²) in [5.74, 6) is -1.08. The zero-order valence-corrected chi connectivity index (χ0v) is 13.6. The standard InChI is InChI=1S/C19H16N2O4/c1-25-16(22)11-15-17(12-7-3-2-4-8-12)20(15)21-18(23)13-9-5-6-10-14(13)19(21)24/h2-10,15,17H,11H2,1H3. The summed E-state index contributed by atoms with van der Waals surface area (Å²) in [6.07, 6.45) is 0.115. The number of carbonyl (C=O) groups is 3. The third kappa shape index (κ3) is 2.42. The van der Waals surface area contributed by atoms with Crippen molar-refractivity contribution >= 4 is 17.8 Å².